The number of hydrogen-bond acceptors (Lipinski definition) is 2. The van der Waals surface area contributed by atoms with Crippen molar-refractivity contribution in [3.05, 3.63) is 63.5 Å². The van der Waals surface area contributed by atoms with Crippen LogP contribution in [0.5, 0.6) is 0 Å². The van der Waals surface area contributed by atoms with Gasteiger partial charge in [-0.1, -0.05) is 18.2 Å². The van der Waals surface area contributed by atoms with Crippen LogP contribution in [-0.4, -0.2) is 12.0 Å². The lowest BCUT2D eigenvalue weighted by molar-refractivity contribution is 0.688. The maximum atomic E-state index is 4.16. The van der Waals surface area contributed by atoms with Crippen LogP contribution in [0.4, 0.5) is 0 Å². The third kappa shape index (κ3) is 2.59. The number of benzene rings is 1. The number of nitrogens with zero attached hydrogens (tertiary/aromatic N) is 1. The molecule has 2 nitrogen and oxygen atoms in total. The van der Waals surface area contributed by atoms with Gasteiger partial charge in [0.2, 0.25) is 0 Å². The second kappa shape index (κ2) is 5.41. The molecule has 3 heteroatoms. The summed E-state index contributed by atoms with van der Waals surface area (Å²) in [5, 5.41) is 3.31. The van der Waals surface area contributed by atoms with Crippen molar-refractivity contribution in [1.29, 1.82) is 0 Å². The van der Waals surface area contributed by atoms with Gasteiger partial charge in [0.1, 0.15) is 0 Å². The number of aromatic nitrogens is 1. The summed E-state index contributed by atoms with van der Waals surface area (Å²) in [6, 6.07) is 12.8. The molecule has 1 aromatic carbocycles. The summed E-state index contributed by atoms with van der Waals surface area (Å²) in [5.41, 5.74) is 2.45. The van der Waals surface area contributed by atoms with Crippen molar-refractivity contribution in [3.63, 3.8) is 0 Å². The van der Waals surface area contributed by atoms with Crippen LogP contribution in [0.2, 0.25) is 0 Å². The topological polar surface area (TPSA) is 24.9 Å². The van der Waals surface area contributed by atoms with E-state index in [1.165, 1.54) is 14.7 Å². The molecule has 0 aliphatic carbocycles. The summed E-state index contributed by atoms with van der Waals surface area (Å²) in [4.78, 5) is 4.16. The standard InChI is InChI=1S/C13H13IN2/c1-15-13(11-3-2-8-16-9-11)10-4-6-12(14)7-5-10/h2-9,13,15H,1H3. The maximum Gasteiger partial charge on any atom is 0.0589 e. The molecule has 1 N–H and O–H groups in total. The van der Waals surface area contributed by atoms with E-state index in [-0.39, 0.29) is 6.04 Å². The van der Waals surface area contributed by atoms with E-state index in [0.717, 1.165) is 0 Å². The van der Waals surface area contributed by atoms with Crippen molar-refractivity contribution >= 4 is 22.6 Å². The summed E-state index contributed by atoms with van der Waals surface area (Å²) in [6.45, 7) is 0. The van der Waals surface area contributed by atoms with Crippen molar-refractivity contribution in [1.82, 2.24) is 10.3 Å². The number of halogens is 1. The van der Waals surface area contributed by atoms with E-state index in [1.807, 2.05) is 19.3 Å². The third-order valence-electron chi connectivity index (χ3n) is 2.51. The minimum atomic E-state index is 0.214. The fraction of sp³-hybridized carbons (Fsp3) is 0.154. The smallest absolute Gasteiger partial charge is 0.0589 e. The predicted molar refractivity (Wildman–Crippen MR) is 74.3 cm³/mol. The third-order valence-corrected chi connectivity index (χ3v) is 3.23. The molecule has 2 rings (SSSR count). The largest absolute Gasteiger partial charge is 0.309 e. The lowest BCUT2D eigenvalue weighted by atomic mass is 10.0. The molecular formula is C13H13IN2. The Labute approximate surface area is 109 Å². The molecule has 82 valence electrons. The summed E-state index contributed by atoms with van der Waals surface area (Å²) < 4.78 is 1.25. The normalized spacial score (nSPS) is 12.4. The molecule has 1 aromatic heterocycles. The summed E-state index contributed by atoms with van der Waals surface area (Å²) in [5.74, 6) is 0. The number of rotatable bonds is 3. The maximum absolute atomic E-state index is 4.16. The van der Waals surface area contributed by atoms with E-state index in [0.29, 0.717) is 0 Å². The Morgan fingerprint density at radius 1 is 1.12 bits per heavy atom. The van der Waals surface area contributed by atoms with Crippen LogP contribution < -0.4 is 5.32 Å². The highest BCUT2D eigenvalue weighted by Crippen LogP contribution is 2.21. The van der Waals surface area contributed by atoms with Gasteiger partial charge in [-0.2, -0.15) is 0 Å². The molecule has 16 heavy (non-hydrogen) atoms. The van der Waals surface area contributed by atoms with Gasteiger partial charge in [-0.25, -0.2) is 0 Å². The van der Waals surface area contributed by atoms with Crippen molar-refractivity contribution in [3.8, 4) is 0 Å². The Balaban J connectivity index is 2.33. The number of nitrogens with one attached hydrogen (secondary N) is 1. The Hall–Kier alpha value is -0.940. The van der Waals surface area contributed by atoms with Crippen LogP contribution in [0.25, 0.3) is 0 Å². The average molecular weight is 324 g/mol. The monoisotopic (exact) mass is 324 g/mol. The quantitative estimate of drug-likeness (QED) is 0.878. The number of hydrogen-bond donors (Lipinski definition) is 1. The second-order valence-electron chi connectivity index (χ2n) is 3.56. The molecule has 0 bridgehead atoms. The van der Waals surface area contributed by atoms with Crippen LogP contribution in [0.3, 0.4) is 0 Å². The first-order valence-electron chi connectivity index (χ1n) is 5.14. The highest BCUT2D eigenvalue weighted by Gasteiger charge is 2.10. The molecule has 1 atom stereocenters. The van der Waals surface area contributed by atoms with Gasteiger partial charge in [-0.05, 0) is 59.0 Å². The molecular weight excluding hydrogens is 311 g/mol. The molecule has 2 aromatic rings. The van der Waals surface area contributed by atoms with Gasteiger partial charge in [-0.15, -0.1) is 0 Å². The zero-order chi connectivity index (χ0) is 11.4. The predicted octanol–water partition coefficient (Wildman–Crippen LogP) is 3.00. The van der Waals surface area contributed by atoms with Gasteiger partial charge >= 0.3 is 0 Å². The number of pyridine rings is 1. The summed E-state index contributed by atoms with van der Waals surface area (Å²) in [7, 11) is 1.97. The van der Waals surface area contributed by atoms with E-state index in [2.05, 4.69) is 63.2 Å². The van der Waals surface area contributed by atoms with E-state index >= 15 is 0 Å². The Kier molecular flexibility index (Phi) is 3.90. The van der Waals surface area contributed by atoms with Gasteiger partial charge < -0.3 is 5.32 Å². The van der Waals surface area contributed by atoms with E-state index in [9.17, 15) is 0 Å². The van der Waals surface area contributed by atoms with E-state index in [1.54, 1.807) is 6.20 Å². The van der Waals surface area contributed by atoms with E-state index in [4.69, 9.17) is 0 Å². The van der Waals surface area contributed by atoms with E-state index < -0.39 is 0 Å². The molecule has 0 aliphatic rings. The molecule has 0 aliphatic heterocycles. The summed E-state index contributed by atoms with van der Waals surface area (Å²) in [6.07, 6.45) is 3.70. The van der Waals surface area contributed by atoms with Crippen LogP contribution >= 0.6 is 22.6 Å². The van der Waals surface area contributed by atoms with Gasteiger partial charge in [0.05, 0.1) is 6.04 Å². The van der Waals surface area contributed by atoms with Crippen molar-refractivity contribution in [2.24, 2.45) is 0 Å². The van der Waals surface area contributed by atoms with Crippen LogP contribution in [0.15, 0.2) is 48.8 Å². The zero-order valence-corrected chi connectivity index (χ0v) is 11.2. The molecule has 0 radical (unpaired) electrons. The van der Waals surface area contributed by atoms with Gasteiger partial charge in [-0.3, -0.25) is 4.98 Å². The first kappa shape index (κ1) is 11.5. The lowest BCUT2D eigenvalue weighted by Gasteiger charge is -2.16. The van der Waals surface area contributed by atoms with Crippen molar-refractivity contribution < 1.29 is 0 Å². The van der Waals surface area contributed by atoms with Crippen LogP contribution in [0.1, 0.15) is 17.2 Å². The van der Waals surface area contributed by atoms with Crippen molar-refractivity contribution in [2.75, 3.05) is 7.05 Å². The lowest BCUT2D eigenvalue weighted by Crippen LogP contribution is -2.17. The highest BCUT2D eigenvalue weighted by molar-refractivity contribution is 14.1. The fourth-order valence-corrected chi connectivity index (χ4v) is 2.09. The Bertz CT molecular complexity index is 439. The second-order valence-corrected chi connectivity index (χ2v) is 4.81. The Morgan fingerprint density at radius 2 is 1.88 bits per heavy atom. The van der Waals surface area contributed by atoms with Gasteiger partial charge in [0, 0.05) is 16.0 Å². The molecule has 0 saturated carbocycles. The Morgan fingerprint density at radius 3 is 2.44 bits per heavy atom. The minimum absolute atomic E-state index is 0.214. The first-order chi connectivity index (χ1) is 7.81. The molecule has 1 heterocycles. The van der Waals surface area contributed by atoms with Crippen LogP contribution in [-0.2, 0) is 0 Å². The first-order valence-corrected chi connectivity index (χ1v) is 6.22. The molecule has 0 amide bonds. The van der Waals surface area contributed by atoms with Crippen LogP contribution in [0, 0.1) is 3.57 Å². The molecule has 0 fully saturated rings. The van der Waals surface area contributed by atoms with Gasteiger partial charge in [0.15, 0.2) is 0 Å². The highest BCUT2D eigenvalue weighted by atomic mass is 127. The fourth-order valence-electron chi connectivity index (χ4n) is 1.73. The SMILES string of the molecule is CNC(c1ccc(I)cc1)c1cccnc1. The van der Waals surface area contributed by atoms with Gasteiger partial charge in [0.25, 0.3) is 0 Å². The average Bonchev–Trinajstić information content (AvgIpc) is 2.34. The summed E-state index contributed by atoms with van der Waals surface area (Å²) >= 11 is 2.31. The van der Waals surface area contributed by atoms with Crippen molar-refractivity contribution in [2.45, 2.75) is 6.04 Å². The zero-order valence-electron chi connectivity index (χ0n) is 9.02. The minimum Gasteiger partial charge on any atom is -0.309 e. The molecule has 0 saturated heterocycles. The molecule has 0 spiro atoms. The molecule has 1 unspecified atom stereocenters.